The molecule has 0 saturated heterocycles. The fraction of sp³-hybridized carbons (Fsp3) is 0.308. The van der Waals surface area contributed by atoms with Crippen LogP contribution < -0.4 is 0 Å². The first kappa shape index (κ1) is 13.7. The zero-order valence-electron chi connectivity index (χ0n) is 10.6. The third-order valence-electron chi connectivity index (χ3n) is 2.54. The molecule has 1 atom stereocenters. The molecule has 6 heteroatoms. The Morgan fingerprint density at radius 3 is 3.00 bits per heavy atom. The van der Waals surface area contributed by atoms with Gasteiger partial charge in [0.1, 0.15) is 5.92 Å². The SMILES string of the molecule is CCOC(=O)C(C)c1nc(-c2cccc(Br)c2)no1. The van der Waals surface area contributed by atoms with Gasteiger partial charge in [0.2, 0.25) is 11.7 Å². The van der Waals surface area contributed by atoms with Crippen molar-refractivity contribution in [1.29, 1.82) is 0 Å². The molecule has 0 aliphatic rings. The molecule has 1 heterocycles. The van der Waals surface area contributed by atoms with Crippen LogP contribution in [0.5, 0.6) is 0 Å². The number of hydrogen-bond acceptors (Lipinski definition) is 5. The van der Waals surface area contributed by atoms with Crippen LogP contribution >= 0.6 is 15.9 Å². The summed E-state index contributed by atoms with van der Waals surface area (Å²) in [6, 6.07) is 7.54. The molecular weight excluding hydrogens is 312 g/mol. The Kier molecular flexibility index (Phi) is 4.31. The minimum Gasteiger partial charge on any atom is -0.465 e. The number of nitrogens with zero attached hydrogens (tertiary/aromatic N) is 2. The molecule has 0 saturated carbocycles. The number of rotatable bonds is 4. The fourth-order valence-corrected chi connectivity index (χ4v) is 1.92. The predicted molar refractivity (Wildman–Crippen MR) is 72.5 cm³/mol. The maximum Gasteiger partial charge on any atom is 0.318 e. The monoisotopic (exact) mass is 324 g/mol. The first-order valence-electron chi connectivity index (χ1n) is 5.88. The number of hydrogen-bond donors (Lipinski definition) is 0. The minimum absolute atomic E-state index is 0.258. The van der Waals surface area contributed by atoms with Crippen LogP contribution in [0.2, 0.25) is 0 Å². The van der Waals surface area contributed by atoms with Crippen LogP contribution in [0.15, 0.2) is 33.3 Å². The molecule has 2 aromatic rings. The van der Waals surface area contributed by atoms with Crippen LogP contribution in [0.3, 0.4) is 0 Å². The Morgan fingerprint density at radius 1 is 1.53 bits per heavy atom. The highest BCUT2D eigenvalue weighted by molar-refractivity contribution is 9.10. The van der Waals surface area contributed by atoms with Crippen LogP contribution in [-0.4, -0.2) is 22.7 Å². The summed E-state index contributed by atoms with van der Waals surface area (Å²) in [6.07, 6.45) is 0. The molecule has 0 bridgehead atoms. The van der Waals surface area contributed by atoms with E-state index in [0.29, 0.717) is 12.4 Å². The first-order valence-corrected chi connectivity index (χ1v) is 6.67. The van der Waals surface area contributed by atoms with E-state index in [-0.39, 0.29) is 11.9 Å². The summed E-state index contributed by atoms with van der Waals surface area (Å²) >= 11 is 3.38. The van der Waals surface area contributed by atoms with Gasteiger partial charge in [0, 0.05) is 10.0 Å². The Balaban J connectivity index is 2.21. The summed E-state index contributed by atoms with van der Waals surface area (Å²) in [4.78, 5) is 15.8. The Labute approximate surface area is 119 Å². The molecule has 0 aliphatic heterocycles. The average Bonchev–Trinajstić information content (AvgIpc) is 2.87. The summed E-state index contributed by atoms with van der Waals surface area (Å²) in [7, 11) is 0. The van der Waals surface area contributed by atoms with Crippen LogP contribution in [0.4, 0.5) is 0 Å². The smallest absolute Gasteiger partial charge is 0.318 e. The van der Waals surface area contributed by atoms with Crippen molar-refractivity contribution in [2.45, 2.75) is 19.8 Å². The predicted octanol–water partition coefficient (Wildman–Crippen LogP) is 3.17. The van der Waals surface area contributed by atoms with Gasteiger partial charge >= 0.3 is 5.97 Å². The van der Waals surface area contributed by atoms with Crippen LogP contribution in [0.1, 0.15) is 25.7 Å². The highest BCUT2D eigenvalue weighted by atomic mass is 79.9. The zero-order valence-corrected chi connectivity index (χ0v) is 12.2. The van der Waals surface area contributed by atoms with Crippen molar-refractivity contribution in [2.24, 2.45) is 0 Å². The third-order valence-corrected chi connectivity index (χ3v) is 3.03. The van der Waals surface area contributed by atoms with Gasteiger partial charge in [0.05, 0.1) is 6.61 Å². The first-order chi connectivity index (χ1) is 9.11. The van der Waals surface area contributed by atoms with Crippen molar-refractivity contribution in [1.82, 2.24) is 10.1 Å². The van der Waals surface area contributed by atoms with E-state index in [1.165, 1.54) is 0 Å². The summed E-state index contributed by atoms with van der Waals surface area (Å²) in [6.45, 7) is 3.76. The van der Waals surface area contributed by atoms with E-state index in [0.717, 1.165) is 10.0 Å². The lowest BCUT2D eigenvalue weighted by atomic mass is 10.2. The lowest BCUT2D eigenvalue weighted by Crippen LogP contribution is -2.13. The normalized spacial score (nSPS) is 12.2. The molecule has 0 radical (unpaired) electrons. The number of carbonyl (C=O) groups is 1. The van der Waals surface area contributed by atoms with E-state index in [1.54, 1.807) is 13.8 Å². The van der Waals surface area contributed by atoms with Gasteiger partial charge in [-0.25, -0.2) is 0 Å². The van der Waals surface area contributed by atoms with Crippen molar-refractivity contribution >= 4 is 21.9 Å². The summed E-state index contributed by atoms with van der Waals surface area (Å²) in [5.74, 6) is -0.221. The molecule has 100 valence electrons. The molecule has 19 heavy (non-hydrogen) atoms. The van der Waals surface area contributed by atoms with Gasteiger partial charge in [-0.3, -0.25) is 4.79 Å². The Hall–Kier alpha value is -1.69. The molecule has 1 aromatic carbocycles. The van der Waals surface area contributed by atoms with Crippen molar-refractivity contribution in [3.63, 3.8) is 0 Å². The summed E-state index contributed by atoms with van der Waals surface area (Å²) in [5.41, 5.74) is 0.820. The summed E-state index contributed by atoms with van der Waals surface area (Å²) < 4.78 is 11.0. The second-order valence-corrected chi connectivity index (χ2v) is 4.86. The van der Waals surface area contributed by atoms with Crippen molar-refractivity contribution in [3.05, 3.63) is 34.6 Å². The second-order valence-electron chi connectivity index (χ2n) is 3.94. The van der Waals surface area contributed by atoms with Gasteiger partial charge in [-0.15, -0.1) is 0 Å². The number of carbonyl (C=O) groups excluding carboxylic acids is 1. The Bertz CT molecular complexity index is 583. The lowest BCUT2D eigenvalue weighted by Gasteiger charge is -2.04. The van der Waals surface area contributed by atoms with Gasteiger partial charge in [0.25, 0.3) is 0 Å². The topological polar surface area (TPSA) is 65.2 Å². The zero-order chi connectivity index (χ0) is 13.8. The number of aromatic nitrogens is 2. The third kappa shape index (κ3) is 3.20. The molecule has 0 fully saturated rings. The highest BCUT2D eigenvalue weighted by Crippen LogP contribution is 2.23. The van der Waals surface area contributed by atoms with E-state index < -0.39 is 5.92 Å². The minimum atomic E-state index is -0.562. The molecule has 1 aromatic heterocycles. The van der Waals surface area contributed by atoms with Crippen molar-refractivity contribution < 1.29 is 14.1 Å². The lowest BCUT2D eigenvalue weighted by molar-refractivity contribution is -0.145. The highest BCUT2D eigenvalue weighted by Gasteiger charge is 2.23. The number of esters is 1. The van der Waals surface area contributed by atoms with Gasteiger partial charge in [0.15, 0.2) is 0 Å². The average molecular weight is 325 g/mol. The Morgan fingerprint density at radius 2 is 2.32 bits per heavy atom. The quantitative estimate of drug-likeness (QED) is 0.808. The standard InChI is InChI=1S/C13H13BrN2O3/c1-3-18-13(17)8(2)12-15-11(16-19-12)9-5-4-6-10(14)7-9/h4-8H,3H2,1-2H3. The van der Waals surface area contributed by atoms with Crippen LogP contribution in [-0.2, 0) is 9.53 Å². The largest absolute Gasteiger partial charge is 0.465 e. The molecule has 5 nitrogen and oxygen atoms in total. The molecule has 0 amide bonds. The molecule has 2 rings (SSSR count). The second kappa shape index (κ2) is 5.97. The molecule has 0 aliphatic carbocycles. The van der Waals surface area contributed by atoms with Crippen molar-refractivity contribution in [3.8, 4) is 11.4 Å². The maximum absolute atomic E-state index is 11.6. The van der Waals surface area contributed by atoms with Gasteiger partial charge < -0.3 is 9.26 Å². The number of benzene rings is 1. The van der Waals surface area contributed by atoms with E-state index in [4.69, 9.17) is 9.26 Å². The summed E-state index contributed by atoms with van der Waals surface area (Å²) in [5, 5.41) is 3.88. The molecular formula is C13H13BrN2O3. The van der Waals surface area contributed by atoms with Crippen LogP contribution in [0.25, 0.3) is 11.4 Å². The number of ether oxygens (including phenoxy) is 1. The van der Waals surface area contributed by atoms with Gasteiger partial charge in [-0.1, -0.05) is 33.2 Å². The van der Waals surface area contributed by atoms with E-state index in [9.17, 15) is 4.79 Å². The fourth-order valence-electron chi connectivity index (χ4n) is 1.52. The molecule has 0 spiro atoms. The molecule has 0 N–H and O–H groups in total. The van der Waals surface area contributed by atoms with Gasteiger partial charge in [-0.2, -0.15) is 4.98 Å². The molecule has 1 unspecified atom stereocenters. The van der Waals surface area contributed by atoms with E-state index in [2.05, 4.69) is 26.1 Å². The van der Waals surface area contributed by atoms with Crippen molar-refractivity contribution in [2.75, 3.05) is 6.61 Å². The maximum atomic E-state index is 11.6. The van der Waals surface area contributed by atoms with Gasteiger partial charge in [-0.05, 0) is 26.0 Å². The van der Waals surface area contributed by atoms with E-state index in [1.807, 2.05) is 24.3 Å². The van der Waals surface area contributed by atoms with E-state index >= 15 is 0 Å². The number of halogens is 1. The van der Waals surface area contributed by atoms with Crippen LogP contribution in [0, 0.1) is 0 Å².